The van der Waals surface area contributed by atoms with Crippen LogP contribution >= 0.6 is 0 Å². The summed E-state index contributed by atoms with van der Waals surface area (Å²) in [4.78, 5) is 37.9. The van der Waals surface area contributed by atoms with Gasteiger partial charge in [-0.25, -0.2) is 4.79 Å². The Kier molecular flexibility index (Phi) is 3.12. The molecule has 1 aromatic carbocycles. The molecule has 6 nitrogen and oxygen atoms in total. The minimum Gasteiger partial charge on any atom is -0.422 e. The number of rotatable bonds is 2. The molecule has 104 valence electrons. The molecule has 2 aromatic heterocycles. The fraction of sp³-hybridized carbons (Fsp3) is 0. The number of H-pyrrole nitrogens is 1. The van der Waals surface area contributed by atoms with Crippen LogP contribution in [0, 0.1) is 0 Å². The number of aromatic nitrogens is 1. The van der Waals surface area contributed by atoms with Gasteiger partial charge < -0.3 is 14.7 Å². The zero-order valence-electron chi connectivity index (χ0n) is 10.8. The van der Waals surface area contributed by atoms with Crippen molar-refractivity contribution in [2.24, 2.45) is 0 Å². The Labute approximate surface area is 118 Å². The third-order valence-corrected chi connectivity index (χ3v) is 2.95. The number of carbonyl (C=O) groups excluding carboxylic acids is 1. The predicted molar refractivity (Wildman–Crippen MR) is 77.5 cm³/mol. The lowest BCUT2D eigenvalue weighted by atomic mass is 10.2. The van der Waals surface area contributed by atoms with Crippen LogP contribution in [0.25, 0.3) is 11.0 Å². The normalized spacial score (nSPS) is 10.5. The van der Waals surface area contributed by atoms with Crippen LogP contribution in [0.2, 0.25) is 0 Å². The molecule has 2 N–H and O–H groups in total. The Bertz CT molecular complexity index is 940. The second-order valence-electron chi connectivity index (χ2n) is 4.35. The molecule has 0 unspecified atom stereocenters. The number of nitrogens with one attached hydrogen (secondary N) is 2. The number of hydrogen-bond acceptors (Lipinski definition) is 4. The third kappa shape index (κ3) is 2.46. The van der Waals surface area contributed by atoms with Crippen LogP contribution in [0.5, 0.6) is 0 Å². The van der Waals surface area contributed by atoms with E-state index in [2.05, 4.69) is 10.3 Å². The summed E-state index contributed by atoms with van der Waals surface area (Å²) < 4.78 is 5.08. The van der Waals surface area contributed by atoms with E-state index in [4.69, 9.17) is 4.42 Å². The van der Waals surface area contributed by atoms with Crippen LogP contribution in [-0.2, 0) is 0 Å². The molecule has 0 aliphatic rings. The molecule has 0 saturated carbocycles. The van der Waals surface area contributed by atoms with E-state index < -0.39 is 17.1 Å². The van der Waals surface area contributed by atoms with Crippen molar-refractivity contribution in [2.45, 2.75) is 0 Å². The third-order valence-electron chi connectivity index (χ3n) is 2.95. The monoisotopic (exact) mass is 282 g/mol. The smallest absolute Gasteiger partial charge is 0.349 e. The highest BCUT2D eigenvalue weighted by atomic mass is 16.4. The summed E-state index contributed by atoms with van der Waals surface area (Å²) >= 11 is 0. The van der Waals surface area contributed by atoms with Crippen molar-refractivity contribution in [3.8, 4) is 0 Å². The maximum absolute atomic E-state index is 12.1. The lowest BCUT2D eigenvalue weighted by molar-refractivity contribution is 0.102. The minimum atomic E-state index is -0.751. The molecule has 3 rings (SSSR count). The molecule has 3 aromatic rings. The van der Waals surface area contributed by atoms with E-state index in [1.807, 2.05) is 0 Å². The van der Waals surface area contributed by atoms with Crippen LogP contribution < -0.4 is 16.5 Å². The maximum Gasteiger partial charge on any atom is 0.349 e. The summed E-state index contributed by atoms with van der Waals surface area (Å²) in [5, 5.41) is 3.02. The zero-order chi connectivity index (χ0) is 14.8. The highest BCUT2D eigenvalue weighted by molar-refractivity contribution is 6.05. The molecule has 21 heavy (non-hydrogen) atoms. The Morgan fingerprint density at radius 2 is 1.90 bits per heavy atom. The summed E-state index contributed by atoms with van der Waals surface area (Å²) in [7, 11) is 0. The Balaban J connectivity index is 2.02. The highest BCUT2D eigenvalue weighted by Gasteiger charge is 2.14. The van der Waals surface area contributed by atoms with Gasteiger partial charge >= 0.3 is 5.63 Å². The Hall–Kier alpha value is -3.15. The van der Waals surface area contributed by atoms with Gasteiger partial charge in [0.2, 0.25) is 0 Å². The lowest BCUT2D eigenvalue weighted by Crippen LogP contribution is -2.24. The van der Waals surface area contributed by atoms with E-state index in [1.54, 1.807) is 30.3 Å². The number of pyridine rings is 1. The van der Waals surface area contributed by atoms with Crippen LogP contribution in [0.3, 0.4) is 0 Å². The topological polar surface area (TPSA) is 92.2 Å². The number of hydrogen-bond donors (Lipinski definition) is 2. The quantitative estimate of drug-likeness (QED) is 0.700. The Morgan fingerprint density at radius 3 is 2.71 bits per heavy atom. The van der Waals surface area contributed by atoms with Gasteiger partial charge in [-0.15, -0.1) is 0 Å². The van der Waals surface area contributed by atoms with E-state index in [-0.39, 0.29) is 11.3 Å². The first-order valence-electron chi connectivity index (χ1n) is 6.17. The first kappa shape index (κ1) is 12.9. The van der Waals surface area contributed by atoms with Gasteiger partial charge in [-0.2, -0.15) is 0 Å². The van der Waals surface area contributed by atoms with Gasteiger partial charge in [-0.3, -0.25) is 9.59 Å². The molecule has 0 aliphatic carbocycles. The molecule has 1 amide bonds. The van der Waals surface area contributed by atoms with E-state index in [0.29, 0.717) is 11.0 Å². The summed E-state index contributed by atoms with van der Waals surface area (Å²) in [5.74, 6) is -0.689. The molecule has 0 spiro atoms. The van der Waals surface area contributed by atoms with E-state index in [1.165, 1.54) is 18.3 Å². The SMILES string of the molecule is O=C(Nc1ccc[nH]c1=O)c1cc2ccccc2oc1=O. The van der Waals surface area contributed by atoms with Crippen molar-refractivity contribution in [2.75, 3.05) is 5.32 Å². The van der Waals surface area contributed by atoms with E-state index in [0.717, 1.165) is 0 Å². The summed E-state index contributed by atoms with van der Waals surface area (Å²) in [6.07, 6.45) is 1.45. The van der Waals surface area contributed by atoms with E-state index >= 15 is 0 Å². The number of amides is 1. The van der Waals surface area contributed by atoms with Crippen molar-refractivity contribution in [3.63, 3.8) is 0 Å². The molecule has 0 saturated heterocycles. The van der Waals surface area contributed by atoms with Crippen LogP contribution in [-0.4, -0.2) is 10.9 Å². The molecule has 0 fully saturated rings. The van der Waals surface area contributed by atoms with Crippen molar-refractivity contribution in [3.05, 3.63) is 75.0 Å². The van der Waals surface area contributed by atoms with Crippen molar-refractivity contribution < 1.29 is 9.21 Å². The van der Waals surface area contributed by atoms with Crippen LogP contribution in [0.15, 0.2) is 62.7 Å². The Morgan fingerprint density at radius 1 is 1.10 bits per heavy atom. The second kappa shape index (κ2) is 5.09. The molecule has 0 atom stereocenters. The van der Waals surface area contributed by atoms with Gasteiger partial charge in [-0.1, -0.05) is 18.2 Å². The number of para-hydroxylation sites is 1. The molecule has 0 aliphatic heterocycles. The van der Waals surface area contributed by atoms with Gasteiger partial charge in [-0.05, 0) is 24.3 Å². The van der Waals surface area contributed by atoms with Gasteiger partial charge in [0, 0.05) is 11.6 Å². The van der Waals surface area contributed by atoms with Crippen molar-refractivity contribution in [1.82, 2.24) is 4.98 Å². The summed E-state index contributed by atoms with van der Waals surface area (Å²) in [6, 6.07) is 11.3. The highest BCUT2D eigenvalue weighted by Crippen LogP contribution is 2.13. The molecular formula is C15H10N2O4. The zero-order valence-corrected chi connectivity index (χ0v) is 10.8. The molecule has 6 heteroatoms. The number of benzene rings is 1. The van der Waals surface area contributed by atoms with Gasteiger partial charge in [0.25, 0.3) is 11.5 Å². The van der Waals surface area contributed by atoms with Gasteiger partial charge in [0.1, 0.15) is 16.8 Å². The average Bonchev–Trinajstić information content (AvgIpc) is 2.49. The molecule has 0 radical (unpaired) electrons. The molecule has 2 heterocycles. The number of anilines is 1. The standard InChI is InChI=1S/C15H10N2O4/c18-13(17-11-5-3-7-16-14(11)19)10-8-9-4-1-2-6-12(9)21-15(10)20/h1-8H,(H,16,19)(H,17,18). The number of carbonyl (C=O) groups is 1. The van der Waals surface area contributed by atoms with E-state index in [9.17, 15) is 14.4 Å². The lowest BCUT2D eigenvalue weighted by Gasteiger charge is -2.04. The van der Waals surface area contributed by atoms with Crippen LogP contribution in [0.1, 0.15) is 10.4 Å². The fourth-order valence-corrected chi connectivity index (χ4v) is 1.93. The average molecular weight is 282 g/mol. The minimum absolute atomic E-state index is 0.0649. The van der Waals surface area contributed by atoms with Crippen LogP contribution in [0.4, 0.5) is 5.69 Å². The number of aromatic amines is 1. The van der Waals surface area contributed by atoms with Gasteiger partial charge in [0.15, 0.2) is 0 Å². The first-order valence-corrected chi connectivity index (χ1v) is 6.17. The summed E-state index contributed by atoms with van der Waals surface area (Å²) in [6.45, 7) is 0. The molecular weight excluding hydrogens is 272 g/mol. The summed E-state index contributed by atoms with van der Waals surface area (Å²) in [5.41, 5.74) is -0.891. The first-order chi connectivity index (χ1) is 10.1. The predicted octanol–water partition coefficient (Wildman–Crippen LogP) is 1.73. The second-order valence-corrected chi connectivity index (χ2v) is 4.35. The fourth-order valence-electron chi connectivity index (χ4n) is 1.93. The molecule has 0 bridgehead atoms. The maximum atomic E-state index is 12.1. The van der Waals surface area contributed by atoms with Crippen molar-refractivity contribution in [1.29, 1.82) is 0 Å². The van der Waals surface area contributed by atoms with Crippen molar-refractivity contribution >= 4 is 22.6 Å². The van der Waals surface area contributed by atoms with Gasteiger partial charge in [0.05, 0.1) is 0 Å². The number of fused-ring (bicyclic) bond motifs is 1. The largest absolute Gasteiger partial charge is 0.422 e.